The average Bonchev–Trinajstić information content (AvgIpc) is 2.55. The Morgan fingerprint density at radius 1 is 0.483 bits per heavy atom. The van der Waals surface area contributed by atoms with Gasteiger partial charge in [-0.05, 0) is 102 Å². The fraction of sp³-hybridized carbons (Fsp3) is 0.790. The topological polar surface area (TPSA) is 328 Å². The molecule has 0 aromatic carbocycles. The van der Waals surface area contributed by atoms with Gasteiger partial charge in [-0.1, -0.05) is 95.2 Å². The standard InChI is InChI=1S/C62H111N11O14/c1-24-26-27-38(13)50(75)49-55(80)65-41(25-2)57(82)71(21)46(32-74)54(79)66-42(31-62(16,17)87)52(77)67-47(36(9)10)60(85)68(18)43(28-33(3)4)53(78)63-39(14)51(76)64-40(15)56(81)69(19)44(29-34(5)6)58(83)70(20)45(30-35(7)8)59(84)72(22)48(37(11)12)61(86)73(49)23/h24,26,33-50,74-75,87H,25,27-32H2,1-23H3,(H,63,78)(H,64,76)(H,65,80)(H,66,79)(H,67,77)/b26-24+/t38?,39-,40-,41-,42-,43-,44-,45-,46-,47-,48-,49-,50?/m0/s1. The van der Waals surface area contributed by atoms with E-state index in [2.05, 4.69) is 26.6 Å². The van der Waals surface area contributed by atoms with Crippen LogP contribution in [0.25, 0.3) is 0 Å². The summed E-state index contributed by atoms with van der Waals surface area (Å²) in [4.78, 5) is 167. The van der Waals surface area contributed by atoms with Gasteiger partial charge in [0.2, 0.25) is 65.0 Å². The fourth-order valence-corrected chi connectivity index (χ4v) is 10.7. The van der Waals surface area contributed by atoms with Gasteiger partial charge in [-0.2, -0.15) is 0 Å². The van der Waals surface area contributed by atoms with Gasteiger partial charge in [0.05, 0.1) is 18.3 Å². The van der Waals surface area contributed by atoms with E-state index in [4.69, 9.17) is 0 Å². The molecule has 0 aromatic heterocycles. The second-order valence-corrected chi connectivity index (χ2v) is 26.5. The van der Waals surface area contributed by atoms with Crippen molar-refractivity contribution < 1.29 is 68.1 Å². The molecule has 1 fully saturated rings. The van der Waals surface area contributed by atoms with Crippen molar-refractivity contribution in [3.05, 3.63) is 12.2 Å². The van der Waals surface area contributed by atoms with Gasteiger partial charge in [0, 0.05) is 48.7 Å². The Balaban J connectivity index is 4.40. The summed E-state index contributed by atoms with van der Waals surface area (Å²) in [6.45, 7) is 27.3. The number of nitrogens with zero attached hydrogens (tertiary/aromatic N) is 6. The van der Waals surface area contributed by atoms with Gasteiger partial charge in [0.1, 0.15) is 66.5 Å². The van der Waals surface area contributed by atoms with Crippen molar-refractivity contribution in [1.29, 1.82) is 0 Å². The number of carbonyl (C=O) groups is 11. The van der Waals surface area contributed by atoms with Crippen molar-refractivity contribution in [3.8, 4) is 0 Å². The maximum Gasteiger partial charge on any atom is 0.246 e. The van der Waals surface area contributed by atoms with Crippen LogP contribution in [-0.2, 0) is 52.7 Å². The molecular formula is C62H111N11O14. The number of aliphatic hydroxyl groups is 3. The Bertz CT molecular complexity index is 2390. The first-order chi connectivity index (χ1) is 40.0. The van der Waals surface area contributed by atoms with Crippen LogP contribution < -0.4 is 26.6 Å². The van der Waals surface area contributed by atoms with Crippen molar-refractivity contribution >= 4 is 65.0 Å². The first-order valence-corrected chi connectivity index (χ1v) is 30.8. The van der Waals surface area contributed by atoms with Crippen LogP contribution in [0, 0.1) is 35.5 Å². The Kier molecular flexibility index (Phi) is 31.8. The van der Waals surface area contributed by atoms with E-state index in [0.29, 0.717) is 0 Å². The molecular weight excluding hydrogens is 1120 g/mol. The minimum atomic E-state index is -1.71. The normalized spacial score (nSPS) is 27.4. The van der Waals surface area contributed by atoms with Gasteiger partial charge in [-0.25, -0.2) is 0 Å². The van der Waals surface area contributed by atoms with Crippen LogP contribution in [-0.4, -0.2) is 237 Å². The summed E-state index contributed by atoms with van der Waals surface area (Å²) in [6.07, 6.45) is 2.03. The highest BCUT2D eigenvalue weighted by molar-refractivity contribution is 6.00. The molecule has 25 nitrogen and oxygen atoms in total. The van der Waals surface area contributed by atoms with Crippen molar-refractivity contribution in [3.63, 3.8) is 0 Å². The van der Waals surface area contributed by atoms with Gasteiger partial charge < -0.3 is 71.3 Å². The van der Waals surface area contributed by atoms with Crippen LogP contribution in [0.15, 0.2) is 12.2 Å². The van der Waals surface area contributed by atoms with Crippen molar-refractivity contribution in [2.45, 2.75) is 234 Å². The maximum absolute atomic E-state index is 15.2. The van der Waals surface area contributed by atoms with E-state index in [-0.39, 0.29) is 49.9 Å². The predicted molar refractivity (Wildman–Crippen MR) is 331 cm³/mol. The molecule has 2 unspecified atom stereocenters. The first kappa shape index (κ1) is 78.8. The summed E-state index contributed by atoms with van der Waals surface area (Å²) in [7, 11) is 8.13. The van der Waals surface area contributed by atoms with Crippen LogP contribution >= 0.6 is 0 Å². The molecule has 498 valence electrons. The smallest absolute Gasteiger partial charge is 0.246 e. The van der Waals surface area contributed by atoms with Crippen molar-refractivity contribution in [2.24, 2.45) is 35.5 Å². The lowest BCUT2D eigenvalue weighted by Crippen LogP contribution is -2.64. The number of aliphatic hydroxyl groups excluding tert-OH is 2. The highest BCUT2D eigenvalue weighted by atomic mass is 16.3. The Morgan fingerprint density at radius 2 is 0.908 bits per heavy atom. The highest BCUT2D eigenvalue weighted by Crippen LogP contribution is 2.26. The van der Waals surface area contributed by atoms with E-state index in [0.717, 1.165) is 14.7 Å². The Labute approximate surface area is 518 Å². The number of carbonyl (C=O) groups excluding carboxylic acids is 11. The number of nitrogens with one attached hydrogen (secondary N) is 5. The van der Waals surface area contributed by atoms with Crippen LogP contribution in [0.3, 0.4) is 0 Å². The van der Waals surface area contributed by atoms with Gasteiger partial charge in [0.15, 0.2) is 0 Å². The molecule has 1 aliphatic rings. The number of allylic oxidation sites excluding steroid dienone is 2. The summed E-state index contributed by atoms with van der Waals surface area (Å²) in [5, 5.41) is 47.1. The van der Waals surface area contributed by atoms with Crippen LogP contribution in [0.5, 0.6) is 0 Å². The first-order valence-electron chi connectivity index (χ1n) is 30.8. The molecule has 87 heavy (non-hydrogen) atoms. The Morgan fingerprint density at radius 3 is 1.36 bits per heavy atom. The molecule has 0 aliphatic carbocycles. The molecule has 1 heterocycles. The van der Waals surface area contributed by atoms with E-state index in [1.165, 1.54) is 84.7 Å². The van der Waals surface area contributed by atoms with Gasteiger partial charge in [-0.3, -0.25) is 52.7 Å². The lowest BCUT2D eigenvalue weighted by molar-refractivity contribution is -0.157. The molecule has 1 rings (SSSR count). The van der Waals surface area contributed by atoms with Crippen molar-refractivity contribution in [2.75, 3.05) is 48.9 Å². The monoisotopic (exact) mass is 1230 g/mol. The number of hydrogen-bond acceptors (Lipinski definition) is 14. The summed E-state index contributed by atoms with van der Waals surface area (Å²) in [5.74, 6) is -11.2. The third-order valence-corrected chi connectivity index (χ3v) is 16.1. The second-order valence-electron chi connectivity index (χ2n) is 26.5. The molecule has 8 N–H and O–H groups in total. The molecule has 1 saturated heterocycles. The summed E-state index contributed by atoms with van der Waals surface area (Å²) in [6, 6.07) is -15.2. The zero-order valence-corrected chi connectivity index (χ0v) is 56.5. The number of amides is 11. The molecule has 11 amide bonds. The molecule has 0 aromatic rings. The minimum Gasteiger partial charge on any atom is -0.394 e. The molecule has 0 saturated carbocycles. The number of rotatable bonds is 16. The van der Waals surface area contributed by atoms with Gasteiger partial charge >= 0.3 is 0 Å². The van der Waals surface area contributed by atoms with Crippen LogP contribution in [0.1, 0.15) is 156 Å². The lowest BCUT2D eigenvalue weighted by atomic mass is 9.91. The third kappa shape index (κ3) is 22.4. The van der Waals surface area contributed by atoms with Gasteiger partial charge in [-0.15, -0.1) is 0 Å². The van der Waals surface area contributed by atoms with E-state index < -0.39 is 174 Å². The number of likely N-dealkylation sites (N-methyl/N-ethyl adjacent to an activating group) is 6. The molecule has 1 aliphatic heterocycles. The predicted octanol–water partition coefficient (Wildman–Crippen LogP) is 1.40. The van der Waals surface area contributed by atoms with E-state index in [9.17, 15) is 58.5 Å². The van der Waals surface area contributed by atoms with Gasteiger partial charge in [0.25, 0.3) is 0 Å². The SMILES string of the molecule is C/C=C/CC(C)C(O)[C@H]1C(=O)N[C@@H](CC)C(=O)N(C)[C@@H](CO)C(=O)N[C@@H](CC(C)(C)O)C(=O)N[C@@H](C(C)C)C(=O)N(C)[C@@H](CC(C)C)C(=O)N[C@@H](C)C(=O)N[C@@H](C)C(=O)N(C)[C@@H](CC(C)C)C(=O)N(C)[C@@H](CC(C)C)C(=O)N(C)[C@@H](C(C)C)C(=O)N1C. The average molecular weight is 1230 g/mol. The Hall–Kier alpha value is -6.21. The highest BCUT2D eigenvalue weighted by Gasteiger charge is 2.46. The quantitative estimate of drug-likeness (QED) is 0.101. The van der Waals surface area contributed by atoms with Crippen molar-refractivity contribution in [1.82, 2.24) is 56.0 Å². The zero-order chi connectivity index (χ0) is 67.6. The van der Waals surface area contributed by atoms with Crippen LogP contribution in [0.4, 0.5) is 0 Å². The van der Waals surface area contributed by atoms with Crippen LogP contribution in [0.2, 0.25) is 0 Å². The number of hydrogen-bond donors (Lipinski definition) is 8. The summed E-state index contributed by atoms with van der Waals surface area (Å²) < 4.78 is 0. The fourth-order valence-electron chi connectivity index (χ4n) is 10.7. The summed E-state index contributed by atoms with van der Waals surface area (Å²) >= 11 is 0. The minimum absolute atomic E-state index is 0.0985. The van der Waals surface area contributed by atoms with E-state index >= 15 is 9.59 Å². The molecule has 0 bridgehead atoms. The molecule has 13 atom stereocenters. The molecule has 0 radical (unpaired) electrons. The second kappa shape index (κ2) is 35.1. The van der Waals surface area contributed by atoms with E-state index in [1.54, 1.807) is 60.6 Å². The zero-order valence-electron chi connectivity index (χ0n) is 56.5. The molecule has 25 heteroatoms. The maximum atomic E-state index is 15.2. The largest absolute Gasteiger partial charge is 0.394 e. The third-order valence-electron chi connectivity index (χ3n) is 16.1. The molecule has 0 spiro atoms. The van der Waals surface area contributed by atoms with E-state index in [1.807, 2.05) is 41.5 Å². The summed E-state index contributed by atoms with van der Waals surface area (Å²) in [5.41, 5.74) is -1.63. The lowest BCUT2D eigenvalue weighted by Gasteiger charge is -2.41.